The SMILES string of the molecule is COC(=O)NC1CCN(C(=O)c2ccc(Cl)c(Cl)c2)CC1. The fourth-order valence-electron chi connectivity index (χ4n) is 2.26. The van der Waals surface area contributed by atoms with Gasteiger partial charge in [0.15, 0.2) is 0 Å². The molecule has 7 heteroatoms. The van der Waals surface area contributed by atoms with Gasteiger partial charge in [-0.3, -0.25) is 4.79 Å². The normalized spacial score (nSPS) is 15.7. The third kappa shape index (κ3) is 4.02. The van der Waals surface area contributed by atoms with Gasteiger partial charge in [0.25, 0.3) is 5.91 Å². The molecule has 0 saturated carbocycles. The van der Waals surface area contributed by atoms with Gasteiger partial charge in [-0.15, -0.1) is 0 Å². The monoisotopic (exact) mass is 330 g/mol. The molecule has 0 bridgehead atoms. The number of halogens is 2. The van der Waals surface area contributed by atoms with Crippen molar-refractivity contribution in [3.63, 3.8) is 0 Å². The highest BCUT2D eigenvalue weighted by Crippen LogP contribution is 2.24. The van der Waals surface area contributed by atoms with E-state index in [2.05, 4.69) is 10.1 Å². The molecule has 1 saturated heterocycles. The molecule has 1 heterocycles. The summed E-state index contributed by atoms with van der Waals surface area (Å²) in [5, 5.41) is 3.54. The zero-order chi connectivity index (χ0) is 15.4. The number of methoxy groups -OCH3 is 1. The van der Waals surface area contributed by atoms with E-state index < -0.39 is 6.09 Å². The van der Waals surface area contributed by atoms with E-state index in [1.807, 2.05) is 0 Å². The predicted octanol–water partition coefficient (Wildman–Crippen LogP) is 2.95. The van der Waals surface area contributed by atoms with Gasteiger partial charge in [0.2, 0.25) is 0 Å². The van der Waals surface area contributed by atoms with E-state index in [0.717, 1.165) is 0 Å². The van der Waals surface area contributed by atoms with Crippen molar-refractivity contribution in [2.75, 3.05) is 20.2 Å². The molecule has 2 amide bonds. The van der Waals surface area contributed by atoms with Crippen LogP contribution in [0.4, 0.5) is 4.79 Å². The zero-order valence-electron chi connectivity index (χ0n) is 11.6. The number of nitrogens with one attached hydrogen (secondary N) is 1. The molecule has 0 aromatic heterocycles. The highest BCUT2D eigenvalue weighted by atomic mass is 35.5. The third-order valence-corrected chi connectivity index (χ3v) is 4.20. The summed E-state index contributed by atoms with van der Waals surface area (Å²) in [6.07, 6.45) is 0.953. The molecule has 1 aliphatic heterocycles. The summed E-state index contributed by atoms with van der Waals surface area (Å²) in [7, 11) is 1.33. The molecule has 1 aromatic rings. The molecule has 21 heavy (non-hydrogen) atoms. The van der Waals surface area contributed by atoms with Gasteiger partial charge in [0.05, 0.1) is 17.2 Å². The number of alkyl carbamates (subject to hydrolysis) is 1. The fraction of sp³-hybridized carbons (Fsp3) is 0.429. The van der Waals surface area contributed by atoms with Crippen molar-refractivity contribution in [2.45, 2.75) is 18.9 Å². The summed E-state index contributed by atoms with van der Waals surface area (Å²) < 4.78 is 4.56. The van der Waals surface area contributed by atoms with E-state index in [9.17, 15) is 9.59 Å². The molecule has 0 aliphatic carbocycles. The second-order valence-corrected chi connectivity index (χ2v) is 5.65. The van der Waals surface area contributed by atoms with Gasteiger partial charge in [0.1, 0.15) is 0 Å². The molecular weight excluding hydrogens is 315 g/mol. The second kappa shape index (κ2) is 7.00. The number of piperidine rings is 1. The number of carbonyl (C=O) groups excluding carboxylic acids is 2. The molecule has 0 radical (unpaired) electrons. The minimum Gasteiger partial charge on any atom is -0.453 e. The molecule has 2 rings (SSSR count). The number of rotatable bonds is 2. The first-order valence-electron chi connectivity index (χ1n) is 6.60. The number of benzene rings is 1. The first-order valence-corrected chi connectivity index (χ1v) is 7.35. The van der Waals surface area contributed by atoms with Crippen LogP contribution in [0.5, 0.6) is 0 Å². The van der Waals surface area contributed by atoms with Gasteiger partial charge in [-0.25, -0.2) is 4.79 Å². The zero-order valence-corrected chi connectivity index (χ0v) is 13.1. The largest absolute Gasteiger partial charge is 0.453 e. The third-order valence-electron chi connectivity index (χ3n) is 3.46. The average Bonchev–Trinajstić information content (AvgIpc) is 2.50. The van der Waals surface area contributed by atoms with E-state index in [4.69, 9.17) is 23.2 Å². The van der Waals surface area contributed by atoms with Gasteiger partial charge in [-0.2, -0.15) is 0 Å². The van der Waals surface area contributed by atoms with Crippen molar-refractivity contribution >= 4 is 35.2 Å². The molecule has 0 atom stereocenters. The highest BCUT2D eigenvalue weighted by molar-refractivity contribution is 6.42. The topological polar surface area (TPSA) is 58.6 Å². The van der Waals surface area contributed by atoms with E-state index in [1.54, 1.807) is 23.1 Å². The summed E-state index contributed by atoms with van der Waals surface area (Å²) in [5.41, 5.74) is 0.517. The molecular formula is C14H16Cl2N2O3. The lowest BCUT2D eigenvalue weighted by molar-refractivity contribution is 0.0704. The number of ether oxygens (including phenoxy) is 1. The lowest BCUT2D eigenvalue weighted by atomic mass is 10.0. The molecule has 0 unspecified atom stereocenters. The Morgan fingerprint density at radius 2 is 1.90 bits per heavy atom. The summed E-state index contributed by atoms with van der Waals surface area (Å²) >= 11 is 11.8. The first kappa shape index (κ1) is 15.9. The molecule has 1 aromatic carbocycles. The Labute approximate surface area is 133 Å². The summed E-state index contributed by atoms with van der Waals surface area (Å²) in [6, 6.07) is 4.89. The van der Waals surface area contributed by atoms with Crippen molar-refractivity contribution in [1.29, 1.82) is 0 Å². The van der Waals surface area contributed by atoms with Gasteiger partial charge in [-0.1, -0.05) is 23.2 Å². The Morgan fingerprint density at radius 1 is 1.24 bits per heavy atom. The van der Waals surface area contributed by atoms with Crippen LogP contribution < -0.4 is 5.32 Å². The van der Waals surface area contributed by atoms with Crippen molar-refractivity contribution in [3.05, 3.63) is 33.8 Å². The smallest absolute Gasteiger partial charge is 0.407 e. The number of nitrogens with zero attached hydrogens (tertiary/aromatic N) is 1. The van der Waals surface area contributed by atoms with Crippen molar-refractivity contribution in [2.24, 2.45) is 0 Å². The minimum absolute atomic E-state index is 0.0373. The van der Waals surface area contributed by atoms with Crippen LogP contribution in [0.15, 0.2) is 18.2 Å². The maximum Gasteiger partial charge on any atom is 0.407 e. The highest BCUT2D eigenvalue weighted by Gasteiger charge is 2.25. The van der Waals surface area contributed by atoms with Crippen LogP contribution in [0.1, 0.15) is 23.2 Å². The number of hydrogen-bond acceptors (Lipinski definition) is 3. The van der Waals surface area contributed by atoms with Crippen LogP contribution in [0, 0.1) is 0 Å². The fourth-order valence-corrected chi connectivity index (χ4v) is 2.56. The summed E-state index contributed by atoms with van der Waals surface area (Å²) in [5.74, 6) is -0.0786. The number of hydrogen-bond donors (Lipinski definition) is 1. The number of likely N-dealkylation sites (tertiary alicyclic amines) is 1. The first-order chi connectivity index (χ1) is 10.0. The Balaban J connectivity index is 1.93. The molecule has 114 valence electrons. The van der Waals surface area contributed by atoms with E-state index in [-0.39, 0.29) is 11.9 Å². The van der Waals surface area contributed by atoms with Crippen LogP contribution in [0.25, 0.3) is 0 Å². The number of amides is 2. The van der Waals surface area contributed by atoms with Crippen LogP contribution in [-0.2, 0) is 4.74 Å². The van der Waals surface area contributed by atoms with Crippen molar-refractivity contribution in [3.8, 4) is 0 Å². The maximum atomic E-state index is 12.4. The standard InChI is InChI=1S/C14H16Cl2N2O3/c1-21-14(20)17-10-4-6-18(7-5-10)13(19)9-2-3-11(15)12(16)8-9/h2-3,8,10H,4-7H2,1H3,(H,17,20). The lowest BCUT2D eigenvalue weighted by Crippen LogP contribution is -2.46. The molecule has 1 fully saturated rings. The molecule has 1 aliphatic rings. The van der Waals surface area contributed by atoms with Crippen LogP contribution in [-0.4, -0.2) is 43.1 Å². The van der Waals surface area contributed by atoms with Gasteiger partial charge < -0.3 is 15.0 Å². The van der Waals surface area contributed by atoms with E-state index in [1.165, 1.54) is 7.11 Å². The number of carbonyl (C=O) groups is 2. The molecule has 1 N–H and O–H groups in total. The van der Waals surface area contributed by atoms with Crippen LogP contribution in [0.2, 0.25) is 10.0 Å². The van der Waals surface area contributed by atoms with Gasteiger partial charge in [-0.05, 0) is 31.0 Å². The Hall–Kier alpha value is -1.46. The van der Waals surface area contributed by atoms with Crippen molar-refractivity contribution in [1.82, 2.24) is 10.2 Å². The van der Waals surface area contributed by atoms with Gasteiger partial charge in [0, 0.05) is 24.7 Å². The lowest BCUT2D eigenvalue weighted by Gasteiger charge is -2.32. The molecule has 0 spiro atoms. The maximum absolute atomic E-state index is 12.4. The quantitative estimate of drug-likeness (QED) is 0.906. The summed E-state index contributed by atoms with van der Waals surface area (Å²) in [6.45, 7) is 1.15. The van der Waals surface area contributed by atoms with Gasteiger partial charge >= 0.3 is 6.09 Å². The molecule has 5 nitrogen and oxygen atoms in total. The summed E-state index contributed by atoms with van der Waals surface area (Å²) in [4.78, 5) is 25.3. The van der Waals surface area contributed by atoms with Crippen molar-refractivity contribution < 1.29 is 14.3 Å². The van der Waals surface area contributed by atoms with Crippen LogP contribution in [0.3, 0.4) is 0 Å². The Kier molecular flexibility index (Phi) is 5.31. The second-order valence-electron chi connectivity index (χ2n) is 4.83. The van der Waals surface area contributed by atoms with Crippen LogP contribution >= 0.6 is 23.2 Å². The van der Waals surface area contributed by atoms with E-state index >= 15 is 0 Å². The average molecular weight is 331 g/mol. The predicted molar refractivity (Wildman–Crippen MR) is 80.9 cm³/mol. The Morgan fingerprint density at radius 3 is 2.48 bits per heavy atom. The minimum atomic E-state index is -0.441. The van der Waals surface area contributed by atoms with E-state index in [0.29, 0.717) is 41.5 Å². The Bertz CT molecular complexity index is 543.